The fraction of sp³-hybridized carbons (Fsp3) is 0.429. The molecule has 5 nitrogen and oxygen atoms in total. The number of hydrogen-bond acceptors (Lipinski definition) is 5. The van der Waals surface area contributed by atoms with Crippen LogP contribution in [-0.4, -0.2) is 32.9 Å². The third-order valence-electron chi connectivity index (χ3n) is 5.20. The Morgan fingerprint density at radius 3 is 2.50 bits per heavy atom. The number of methoxy groups -OCH3 is 3. The molecule has 2 unspecified atom stereocenters. The Morgan fingerprint density at radius 2 is 1.77 bits per heavy atom. The monoisotopic (exact) mass is 356 g/mol. The van der Waals surface area contributed by atoms with E-state index in [1.807, 2.05) is 29.3 Å². The highest BCUT2D eigenvalue weighted by atomic mass is 16.5. The number of nitrogens with two attached hydrogens (primary N) is 1. The molecule has 2 atom stereocenters. The van der Waals surface area contributed by atoms with E-state index in [-0.39, 0.29) is 6.04 Å². The molecule has 3 rings (SSSR count). The van der Waals surface area contributed by atoms with E-state index in [0.29, 0.717) is 5.92 Å². The van der Waals surface area contributed by atoms with Gasteiger partial charge in [0.15, 0.2) is 0 Å². The zero-order valence-corrected chi connectivity index (χ0v) is 15.8. The highest BCUT2D eigenvalue weighted by Gasteiger charge is 2.32. The minimum atomic E-state index is 0.148. The second kappa shape index (κ2) is 8.43. The van der Waals surface area contributed by atoms with Crippen LogP contribution in [0.5, 0.6) is 17.2 Å². The standard InChI is InChI=1S/C21H28N2O3/c1-24-18-8-4-6-16(13-18)21-15(7-5-11-23(21)22)12-17-14-19(25-2)9-10-20(17)26-3/h4,6,8-10,13-15,21H,5,7,11-12,22H2,1-3H3. The summed E-state index contributed by atoms with van der Waals surface area (Å²) in [6, 6.07) is 14.3. The maximum absolute atomic E-state index is 6.41. The SMILES string of the molecule is COc1cccc(C2C(Cc3cc(OC)ccc3OC)CCCN2N)c1. The van der Waals surface area contributed by atoms with Crippen molar-refractivity contribution in [3.8, 4) is 17.2 Å². The smallest absolute Gasteiger partial charge is 0.122 e. The molecular weight excluding hydrogens is 328 g/mol. The zero-order chi connectivity index (χ0) is 18.5. The first-order chi connectivity index (χ1) is 12.7. The van der Waals surface area contributed by atoms with Gasteiger partial charge in [0, 0.05) is 6.54 Å². The molecule has 0 radical (unpaired) electrons. The lowest BCUT2D eigenvalue weighted by Crippen LogP contribution is -2.44. The lowest BCUT2D eigenvalue weighted by atomic mass is 9.81. The molecule has 1 fully saturated rings. The zero-order valence-electron chi connectivity index (χ0n) is 15.8. The van der Waals surface area contributed by atoms with Gasteiger partial charge in [0.05, 0.1) is 27.4 Å². The lowest BCUT2D eigenvalue weighted by molar-refractivity contribution is 0.0921. The van der Waals surface area contributed by atoms with Gasteiger partial charge in [-0.2, -0.15) is 0 Å². The lowest BCUT2D eigenvalue weighted by Gasteiger charge is -2.39. The average molecular weight is 356 g/mol. The van der Waals surface area contributed by atoms with Crippen molar-refractivity contribution in [1.82, 2.24) is 5.01 Å². The minimum Gasteiger partial charge on any atom is -0.497 e. The highest BCUT2D eigenvalue weighted by Crippen LogP contribution is 2.39. The van der Waals surface area contributed by atoms with Gasteiger partial charge in [-0.15, -0.1) is 0 Å². The van der Waals surface area contributed by atoms with Crippen LogP contribution in [0.3, 0.4) is 0 Å². The summed E-state index contributed by atoms with van der Waals surface area (Å²) in [6.45, 7) is 0.896. The molecule has 1 aliphatic rings. The number of benzene rings is 2. The molecule has 0 spiro atoms. The molecule has 0 amide bonds. The molecule has 26 heavy (non-hydrogen) atoms. The summed E-state index contributed by atoms with van der Waals surface area (Å²) in [7, 11) is 5.09. The third kappa shape index (κ3) is 3.94. The molecule has 0 saturated carbocycles. The summed E-state index contributed by atoms with van der Waals surface area (Å²) in [5.41, 5.74) is 2.35. The Kier molecular flexibility index (Phi) is 6.01. The van der Waals surface area contributed by atoms with Gasteiger partial charge >= 0.3 is 0 Å². The molecule has 2 N–H and O–H groups in total. The normalized spacial score (nSPS) is 20.6. The number of ether oxygens (including phenoxy) is 3. The predicted octanol–water partition coefficient (Wildman–Crippen LogP) is 3.58. The molecule has 0 aliphatic carbocycles. The van der Waals surface area contributed by atoms with Gasteiger partial charge in [-0.3, -0.25) is 5.84 Å². The van der Waals surface area contributed by atoms with Gasteiger partial charge in [-0.1, -0.05) is 12.1 Å². The van der Waals surface area contributed by atoms with Gasteiger partial charge in [-0.25, -0.2) is 5.01 Å². The molecule has 2 aromatic rings. The fourth-order valence-corrected chi connectivity index (χ4v) is 3.93. The van der Waals surface area contributed by atoms with E-state index in [4.69, 9.17) is 20.1 Å². The summed E-state index contributed by atoms with van der Waals surface area (Å²) < 4.78 is 16.4. The van der Waals surface area contributed by atoms with Crippen LogP contribution >= 0.6 is 0 Å². The van der Waals surface area contributed by atoms with E-state index >= 15 is 0 Å². The maximum Gasteiger partial charge on any atom is 0.122 e. The number of hydrogen-bond donors (Lipinski definition) is 1. The Labute approximate surface area is 155 Å². The highest BCUT2D eigenvalue weighted by molar-refractivity contribution is 5.41. The number of rotatable bonds is 6. The van der Waals surface area contributed by atoms with E-state index in [0.717, 1.165) is 48.6 Å². The van der Waals surface area contributed by atoms with Crippen LogP contribution in [0.2, 0.25) is 0 Å². The van der Waals surface area contributed by atoms with E-state index in [9.17, 15) is 0 Å². The third-order valence-corrected chi connectivity index (χ3v) is 5.20. The minimum absolute atomic E-state index is 0.148. The van der Waals surface area contributed by atoms with Crippen molar-refractivity contribution >= 4 is 0 Å². The molecule has 5 heteroatoms. The fourth-order valence-electron chi connectivity index (χ4n) is 3.93. The van der Waals surface area contributed by atoms with Gasteiger partial charge < -0.3 is 14.2 Å². The number of hydrazine groups is 1. The number of nitrogens with zero attached hydrogens (tertiary/aromatic N) is 1. The summed E-state index contributed by atoms with van der Waals surface area (Å²) in [5, 5.41) is 1.97. The van der Waals surface area contributed by atoms with Crippen LogP contribution in [0.25, 0.3) is 0 Å². The van der Waals surface area contributed by atoms with Crippen LogP contribution < -0.4 is 20.1 Å². The van der Waals surface area contributed by atoms with Crippen LogP contribution in [0.1, 0.15) is 30.0 Å². The average Bonchev–Trinajstić information content (AvgIpc) is 2.68. The van der Waals surface area contributed by atoms with Crippen molar-refractivity contribution in [2.24, 2.45) is 11.8 Å². The Hall–Kier alpha value is -2.24. The van der Waals surface area contributed by atoms with Gasteiger partial charge in [0.1, 0.15) is 17.2 Å². The number of piperidine rings is 1. The molecule has 1 heterocycles. The van der Waals surface area contributed by atoms with E-state index in [1.54, 1.807) is 21.3 Å². The summed E-state index contributed by atoms with van der Waals surface area (Å²) in [5.74, 6) is 9.40. The first-order valence-electron chi connectivity index (χ1n) is 9.02. The molecule has 0 bridgehead atoms. The predicted molar refractivity (Wildman–Crippen MR) is 103 cm³/mol. The van der Waals surface area contributed by atoms with Crippen molar-refractivity contribution < 1.29 is 14.2 Å². The Bertz CT molecular complexity index is 735. The van der Waals surface area contributed by atoms with E-state index < -0.39 is 0 Å². The van der Waals surface area contributed by atoms with Gasteiger partial charge in [0.2, 0.25) is 0 Å². The van der Waals surface area contributed by atoms with Crippen molar-refractivity contribution in [3.05, 3.63) is 53.6 Å². The molecule has 2 aromatic carbocycles. The van der Waals surface area contributed by atoms with E-state index in [1.165, 1.54) is 5.56 Å². The first kappa shape index (κ1) is 18.5. The molecule has 1 aliphatic heterocycles. The summed E-state index contributed by atoms with van der Waals surface area (Å²) >= 11 is 0. The van der Waals surface area contributed by atoms with Crippen molar-refractivity contribution in [1.29, 1.82) is 0 Å². The largest absolute Gasteiger partial charge is 0.497 e. The maximum atomic E-state index is 6.41. The first-order valence-corrected chi connectivity index (χ1v) is 9.02. The Morgan fingerprint density at radius 1 is 1.00 bits per heavy atom. The van der Waals surface area contributed by atoms with E-state index in [2.05, 4.69) is 18.2 Å². The van der Waals surface area contributed by atoms with Crippen molar-refractivity contribution in [3.63, 3.8) is 0 Å². The van der Waals surface area contributed by atoms with Crippen molar-refractivity contribution in [2.75, 3.05) is 27.9 Å². The summed E-state index contributed by atoms with van der Waals surface area (Å²) in [4.78, 5) is 0. The van der Waals surface area contributed by atoms with Crippen LogP contribution in [0.15, 0.2) is 42.5 Å². The quantitative estimate of drug-likeness (QED) is 0.802. The second-order valence-corrected chi connectivity index (χ2v) is 6.74. The molecular formula is C21H28N2O3. The Balaban J connectivity index is 1.91. The van der Waals surface area contributed by atoms with Gasteiger partial charge in [0.25, 0.3) is 0 Å². The van der Waals surface area contributed by atoms with Gasteiger partial charge in [-0.05, 0) is 66.6 Å². The second-order valence-electron chi connectivity index (χ2n) is 6.74. The molecule has 1 saturated heterocycles. The molecule has 0 aromatic heterocycles. The molecule has 140 valence electrons. The topological polar surface area (TPSA) is 57.0 Å². The van der Waals surface area contributed by atoms with Crippen LogP contribution in [0, 0.1) is 5.92 Å². The van der Waals surface area contributed by atoms with Crippen LogP contribution in [0.4, 0.5) is 0 Å². The van der Waals surface area contributed by atoms with Crippen LogP contribution in [-0.2, 0) is 6.42 Å². The summed E-state index contributed by atoms with van der Waals surface area (Å²) in [6.07, 6.45) is 3.10. The van der Waals surface area contributed by atoms with Crippen molar-refractivity contribution in [2.45, 2.75) is 25.3 Å².